The molecule has 3 amide bonds. The van der Waals surface area contributed by atoms with Crippen LogP contribution in [0.25, 0.3) is 0 Å². The van der Waals surface area contributed by atoms with Gasteiger partial charge in [0.25, 0.3) is 5.91 Å². The Morgan fingerprint density at radius 2 is 1.71 bits per heavy atom. The van der Waals surface area contributed by atoms with Crippen LogP contribution in [-0.2, 0) is 9.59 Å². The van der Waals surface area contributed by atoms with Crippen molar-refractivity contribution in [3.8, 4) is 0 Å². The zero-order valence-corrected chi connectivity index (χ0v) is 18.4. The minimum Gasteiger partial charge on any atom is -0.339 e. The van der Waals surface area contributed by atoms with E-state index in [9.17, 15) is 14.4 Å². The van der Waals surface area contributed by atoms with E-state index in [-0.39, 0.29) is 17.7 Å². The third kappa shape index (κ3) is 4.07. The molecule has 0 aromatic heterocycles. The molecule has 2 aromatic rings. The fraction of sp³-hybridized carbons (Fsp3) is 0.400. The van der Waals surface area contributed by atoms with Crippen molar-refractivity contribution in [1.29, 1.82) is 0 Å². The van der Waals surface area contributed by atoms with E-state index in [1.54, 1.807) is 23.1 Å². The molecule has 2 aromatic carbocycles. The zero-order chi connectivity index (χ0) is 22.1. The van der Waals surface area contributed by atoms with E-state index < -0.39 is 5.92 Å². The Morgan fingerprint density at radius 3 is 2.42 bits per heavy atom. The number of hydrogen-bond donors (Lipinski definition) is 1. The van der Waals surface area contributed by atoms with Crippen molar-refractivity contribution in [2.75, 3.05) is 29.9 Å². The van der Waals surface area contributed by atoms with Gasteiger partial charge in [0.1, 0.15) is 5.92 Å². The van der Waals surface area contributed by atoms with E-state index in [0.29, 0.717) is 24.2 Å². The lowest BCUT2D eigenvalue weighted by atomic mass is 10.0. The first-order valence-corrected chi connectivity index (χ1v) is 10.9. The number of rotatable bonds is 4. The van der Waals surface area contributed by atoms with Crippen molar-refractivity contribution >= 4 is 29.1 Å². The molecule has 2 aliphatic rings. The highest BCUT2D eigenvalue weighted by Crippen LogP contribution is 2.29. The van der Waals surface area contributed by atoms with Crippen molar-refractivity contribution in [1.82, 2.24) is 4.90 Å². The monoisotopic (exact) mass is 419 g/mol. The van der Waals surface area contributed by atoms with Gasteiger partial charge in [-0.25, -0.2) is 0 Å². The predicted molar refractivity (Wildman–Crippen MR) is 121 cm³/mol. The molecule has 0 bridgehead atoms. The molecule has 2 aliphatic heterocycles. The molecule has 162 valence electrons. The summed E-state index contributed by atoms with van der Waals surface area (Å²) in [7, 11) is 0. The van der Waals surface area contributed by atoms with Crippen LogP contribution in [-0.4, -0.2) is 42.3 Å². The topological polar surface area (TPSA) is 69.7 Å². The van der Waals surface area contributed by atoms with Gasteiger partial charge in [0.2, 0.25) is 11.8 Å². The van der Waals surface area contributed by atoms with Crippen LogP contribution in [0.1, 0.15) is 46.3 Å². The normalized spacial score (nSPS) is 18.5. The third-order valence-electron chi connectivity index (χ3n) is 6.54. The zero-order valence-electron chi connectivity index (χ0n) is 18.4. The SMILES string of the molecule is Cc1ccc(N2CCC(C(=O)Nc3cccc(C(=O)N4CCCC4)c3C)C2=O)cc1C. The Morgan fingerprint density at radius 1 is 0.968 bits per heavy atom. The van der Waals surface area contributed by atoms with Crippen LogP contribution in [0.3, 0.4) is 0 Å². The summed E-state index contributed by atoms with van der Waals surface area (Å²) in [5.41, 5.74) is 5.06. The van der Waals surface area contributed by atoms with Gasteiger partial charge in [-0.15, -0.1) is 0 Å². The lowest BCUT2D eigenvalue weighted by molar-refractivity contribution is -0.129. The first-order chi connectivity index (χ1) is 14.9. The summed E-state index contributed by atoms with van der Waals surface area (Å²) in [6.07, 6.45) is 2.53. The largest absolute Gasteiger partial charge is 0.339 e. The number of likely N-dealkylation sites (tertiary alicyclic amines) is 1. The summed E-state index contributed by atoms with van der Waals surface area (Å²) < 4.78 is 0. The first-order valence-electron chi connectivity index (χ1n) is 10.9. The quantitative estimate of drug-likeness (QED) is 0.766. The minimum absolute atomic E-state index is 0.00366. The van der Waals surface area contributed by atoms with Crippen LogP contribution in [0, 0.1) is 26.7 Å². The molecule has 31 heavy (non-hydrogen) atoms. The van der Waals surface area contributed by atoms with Crippen LogP contribution < -0.4 is 10.2 Å². The molecule has 2 heterocycles. The van der Waals surface area contributed by atoms with E-state index in [1.165, 1.54) is 5.56 Å². The van der Waals surface area contributed by atoms with Crippen LogP contribution in [0.15, 0.2) is 36.4 Å². The maximum Gasteiger partial charge on any atom is 0.254 e. The summed E-state index contributed by atoms with van der Waals surface area (Å²) in [6.45, 7) is 7.97. The Hall–Kier alpha value is -3.15. The molecule has 0 aliphatic carbocycles. The summed E-state index contributed by atoms with van der Waals surface area (Å²) in [5, 5.41) is 2.90. The molecule has 4 rings (SSSR count). The number of amides is 3. The second kappa shape index (κ2) is 8.53. The first kappa shape index (κ1) is 21.1. The number of nitrogens with zero attached hydrogens (tertiary/aromatic N) is 2. The van der Waals surface area contributed by atoms with Gasteiger partial charge in [0, 0.05) is 36.6 Å². The second-order valence-electron chi connectivity index (χ2n) is 8.57. The van der Waals surface area contributed by atoms with Gasteiger partial charge in [0.05, 0.1) is 0 Å². The summed E-state index contributed by atoms with van der Waals surface area (Å²) in [6, 6.07) is 11.3. The molecule has 2 saturated heterocycles. The highest BCUT2D eigenvalue weighted by atomic mass is 16.2. The number of hydrogen-bond acceptors (Lipinski definition) is 3. The molecule has 6 heteroatoms. The molecule has 6 nitrogen and oxygen atoms in total. The van der Waals surface area contributed by atoms with Gasteiger partial charge in [-0.1, -0.05) is 12.1 Å². The van der Waals surface area contributed by atoms with Crippen molar-refractivity contribution < 1.29 is 14.4 Å². The standard InChI is InChI=1S/C25H29N3O3/c1-16-9-10-19(15-17(16)2)28-14-11-21(25(28)31)23(29)26-22-8-6-7-20(18(22)3)24(30)27-12-4-5-13-27/h6-10,15,21H,4-5,11-14H2,1-3H3,(H,26,29). The summed E-state index contributed by atoms with van der Waals surface area (Å²) in [4.78, 5) is 42.3. The van der Waals surface area contributed by atoms with Crippen molar-refractivity contribution in [2.24, 2.45) is 5.92 Å². The van der Waals surface area contributed by atoms with Crippen LogP contribution in [0.5, 0.6) is 0 Å². The van der Waals surface area contributed by atoms with Crippen molar-refractivity contribution in [3.63, 3.8) is 0 Å². The number of nitrogens with one attached hydrogen (secondary N) is 1. The number of carbonyl (C=O) groups excluding carboxylic acids is 3. The number of aryl methyl sites for hydroxylation is 2. The molecule has 1 N–H and O–H groups in total. The maximum atomic E-state index is 13.0. The predicted octanol–water partition coefficient (Wildman–Crippen LogP) is 3.84. The van der Waals surface area contributed by atoms with Crippen LogP contribution >= 0.6 is 0 Å². The van der Waals surface area contributed by atoms with Crippen molar-refractivity contribution in [2.45, 2.75) is 40.0 Å². The summed E-state index contributed by atoms with van der Waals surface area (Å²) in [5.74, 6) is -1.21. The average molecular weight is 420 g/mol. The van der Waals surface area contributed by atoms with E-state index >= 15 is 0 Å². The third-order valence-corrected chi connectivity index (χ3v) is 6.54. The van der Waals surface area contributed by atoms with E-state index in [2.05, 4.69) is 5.32 Å². The molecular weight excluding hydrogens is 390 g/mol. The van der Waals surface area contributed by atoms with E-state index in [1.807, 2.05) is 43.9 Å². The smallest absolute Gasteiger partial charge is 0.254 e. The molecule has 1 atom stereocenters. The molecule has 0 saturated carbocycles. The van der Waals surface area contributed by atoms with Gasteiger partial charge in [-0.3, -0.25) is 14.4 Å². The van der Waals surface area contributed by atoms with Crippen LogP contribution in [0.4, 0.5) is 11.4 Å². The lowest BCUT2D eigenvalue weighted by Gasteiger charge is -2.19. The van der Waals surface area contributed by atoms with Gasteiger partial charge in [-0.05, 0) is 81.0 Å². The Labute approximate surface area is 183 Å². The number of carbonyl (C=O) groups is 3. The molecule has 0 spiro atoms. The fourth-order valence-corrected chi connectivity index (χ4v) is 4.39. The number of anilines is 2. The van der Waals surface area contributed by atoms with E-state index in [0.717, 1.165) is 42.7 Å². The maximum absolute atomic E-state index is 13.0. The van der Waals surface area contributed by atoms with Crippen LogP contribution in [0.2, 0.25) is 0 Å². The Kier molecular flexibility index (Phi) is 5.81. The van der Waals surface area contributed by atoms with Gasteiger partial charge >= 0.3 is 0 Å². The second-order valence-corrected chi connectivity index (χ2v) is 8.57. The molecular formula is C25H29N3O3. The molecule has 0 radical (unpaired) electrons. The van der Waals surface area contributed by atoms with Gasteiger partial charge < -0.3 is 15.1 Å². The Balaban J connectivity index is 1.48. The minimum atomic E-state index is -0.723. The van der Waals surface area contributed by atoms with Gasteiger partial charge in [-0.2, -0.15) is 0 Å². The summed E-state index contributed by atoms with van der Waals surface area (Å²) >= 11 is 0. The van der Waals surface area contributed by atoms with Crippen molar-refractivity contribution in [3.05, 3.63) is 58.7 Å². The fourth-order valence-electron chi connectivity index (χ4n) is 4.39. The number of benzene rings is 2. The van der Waals surface area contributed by atoms with E-state index in [4.69, 9.17) is 0 Å². The van der Waals surface area contributed by atoms with Gasteiger partial charge in [0.15, 0.2) is 0 Å². The highest BCUT2D eigenvalue weighted by molar-refractivity contribution is 6.13. The Bertz CT molecular complexity index is 1040. The highest BCUT2D eigenvalue weighted by Gasteiger charge is 2.38. The average Bonchev–Trinajstić information content (AvgIpc) is 3.41. The molecule has 2 fully saturated rings. The lowest BCUT2D eigenvalue weighted by Crippen LogP contribution is -2.33. The molecule has 1 unspecified atom stereocenters.